The van der Waals surface area contributed by atoms with Gasteiger partial charge in [0.1, 0.15) is 12.2 Å². The zero-order chi connectivity index (χ0) is 22.1. The molecule has 1 aliphatic rings. The molecule has 0 radical (unpaired) electrons. The molecular formula is C20H19BrN8O2S. The lowest BCUT2D eigenvalue weighted by molar-refractivity contribution is -0.129. The zero-order valence-electron chi connectivity index (χ0n) is 17.1. The first-order valence-electron chi connectivity index (χ1n) is 10.0. The maximum absolute atomic E-state index is 11.5. The first kappa shape index (κ1) is 20.8. The van der Waals surface area contributed by atoms with Crippen molar-refractivity contribution < 1.29 is 9.53 Å². The van der Waals surface area contributed by atoms with Crippen molar-refractivity contribution in [3.63, 3.8) is 0 Å². The van der Waals surface area contributed by atoms with Crippen molar-refractivity contribution in [2.45, 2.75) is 25.7 Å². The van der Waals surface area contributed by atoms with Gasteiger partial charge in [0, 0.05) is 54.2 Å². The van der Waals surface area contributed by atoms with Crippen LogP contribution in [-0.4, -0.2) is 52.8 Å². The minimum Gasteiger partial charge on any atom is -0.436 e. The summed E-state index contributed by atoms with van der Waals surface area (Å²) in [4.78, 5) is 22.5. The molecule has 1 amide bonds. The lowest BCUT2D eigenvalue weighted by Crippen LogP contribution is -2.36. The molecule has 0 saturated carbocycles. The Kier molecular flexibility index (Phi) is 5.70. The fourth-order valence-corrected chi connectivity index (χ4v) is 4.57. The van der Waals surface area contributed by atoms with E-state index in [1.54, 1.807) is 23.8 Å². The molecule has 0 bridgehead atoms. The van der Waals surface area contributed by atoms with Gasteiger partial charge in [0.25, 0.3) is 0 Å². The highest BCUT2D eigenvalue weighted by Crippen LogP contribution is 2.34. The number of halogens is 1. The number of carbonyl (C=O) groups is 1. The molecule has 0 atom stereocenters. The number of pyridine rings is 2. The summed E-state index contributed by atoms with van der Waals surface area (Å²) < 4.78 is 13.2. The number of piperidine rings is 1. The lowest BCUT2D eigenvalue weighted by atomic mass is 9.96. The average molecular weight is 515 g/mol. The van der Waals surface area contributed by atoms with Gasteiger partial charge in [0.05, 0.1) is 0 Å². The second-order valence-corrected chi connectivity index (χ2v) is 9.06. The second-order valence-electron chi connectivity index (χ2n) is 7.39. The maximum atomic E-state index is 11.5. The Labute approximate surface area is 196 Å². The predicted octanol–water partition coefficient (Wildman–Crippen LogP) is 4.00. The number of rotatable bonds is 5. The van der Waals surface area contributed by atoms with E-state index in [2.05, 4.69) is 45.8 Å². The largest absolute Gasteiger partial charge is 0.436 e. The molecule has 5 rings (SSSR count). The van der Waals surface area contributed by atoms with Crippen molar-refractivity contribution in [3.8, 4) is 11.6 Å². The van der Waals surface area contributed by atoms with E-state index in [1.807, 2.05) is 29.2 Å². The van der Waals surface area contributed by atoms with Gasteiger partial charge in [-0.2, -0.15) is 4.37 Å². The van der Waals surface area contributed by atoms with Crippen molar-refractivity contribution in [2.24, 2.45) is 0 Å². The Balaban J connectivity index is 1.34. The Morgan fingerprint density at radius 1 is 1.31 bits per heavy atom. The van der Waals surface area contributed by atoms with E-state index in [-0.39, 0.29) is 11.8 Å². The third-order valence-corrected chi connectivity index (χ3v) is 6.38. The van der Waals surface area contributed by atoms with Crippen LogP contribution in [0.3, 0.4) is 0 Å². The van der Waals surface area contributed by atoms with Gasteiger partial charge in [-0.15, -0.1) is 10.2 Å². The van der Waals surface area contributed by atoms with Crippen molar-refractivity contribution in [3.05, 3.63) is 47.1 Å². The smallest absolute Gasteiger partial charge is 0.219 e. The van der Waals surface area contributed by atoms with E-state index in [9.17, 15) is 4.79 Å². The van der Waals surface area contributed by atoms with Gasteiger partial charge in [-0.3, -0.25) is 9.20 Å². The number of nitrogens with zero attached hydrogens (tertiary/aromatic N) is 7. The molecule has 0 aliphatic carbocycles. The molecular weight excluding hydrogens is 496 g/mol. The normalized spacial score (nSPS) is 14.6. The monoisotopic (exact) mass is 514 g/mol. The first-order chi connectivity index (χ1) is 15.6. The molecule has 0 spiro atoms. The van der Waals surface area contributed by atoms with Crippen LogP contribution in [0.2, 0.25) is 0 Å². The van der Waals surface area contributed by atoms with E-state index in [4.69, 9.17) is 4.74 Å². The van der Waals surface area contributed by atoms with Gasteiger partial charge < -0.3 is 15.0 Å². The molecule has 10 nitrogen and oxygen atoms in total. The maximum Gasteiger partial charge on any atom is 0.219 e. The van der Waals surface area contributed by atoms with Crippen LogP contribution in [0.1, 0.15) is 31.5 Å². The molecule has 164 valence electrons. The van der Waals surface area contributed by atoms with Crippen molar-refractivity contribution >= 4 is 50.0 Å². The third-order valence-electron chi connectivity index (χ3n) is 5.30. The summed E-state index contributed by atoms with van der Waals surface area (Å²) in [5, 5.41) is 11.8. The third kappa shape index (κ3) is 4.28. The van der Waals surface area contributed by atoms with Gasteiger partial charge in [0.15, 0.2) is 17.2 Å². The highest BCUT2D eigenvalue weighted by molar-refractivity contribution is 9.10. The number of fused-ring (bicyclic) bond motifs is 1. The number of hydrogen-bond donors (Lipinski definition) is 1. The van der Waals surface area contributed by atoms with Crippen LogP contribution in [0.15, 0.2) is 41.3 Å². The molecule has 0 unspecified atom stereocenters. The zero-order valence-corrected chi connectivity index (χ0v) is 19.5. The number of aromatic nitrogens is 6. The minimum absolute atomic E-state index is 0.119. The van der Waals surface area contributed by atoms with E-state index in [0.29, 0.717) is 28.2 Å². The lowest BCUT2D eigenvalue weighted by Gasteiger charge is -2.29. The quantitative estimate of drug-likeness (QED) is 0.425. The van der Waals surface area contributed by atoms with Crippen LogP contribution in [0.4, 0.5) is 10.9 Å². The minimum atomic E-state index is 0.119. The number of carbonyl (C=O) groups excluding carboxylic acids is 1. The van der Waals surface area contributed by atoms with E-state index in [0.717, 1.165) is 36.2 Å². The topological polar surface area (TPSA) is 110 Å². The van der Waals surface area contributed by atoms with E-state index >= 15 is 0 Å². The van der Waals surface area contributed by atoms with Crippen molar-refractivity contribution in [1.82, 2.24) is 33.8 Å². The van der Waals surface area contributed by atoms with Crippen LogP contribution in [0.5, 0.6) is 11.6 Å². The summed E-state index contributed by atoms with van der Waals surface area (Å²) in [5.74, 6) is 2.77. The number of anilines is 2. The van der Waals surface area contributed by atoms with Crippen LogP contribution >= 0.6 is 27.5 Å². The fourth-order valence-electron chi connectivity index (χ4n) is 3.62. The first-order valence-corrected chi connectivity index (χ1v) is 11.6. The summed E-state index contributed by atoms with van der Waals surface area (Å²) in [6, 6.07) is 7.36. The number of amides is 1. The molecule has 1 aliphatic heterocycles. The summed E-state index contributed by atoms with van der Waals surface area (Å²) in [5.41, 5.74) is 0.685. The average Bonchev–Trinajstić information content (AvgIpc) is 3.46. The van der Waals surface area contributed by atoms with Crippen LogP contribution in [-0.2, 0) is 4.79 Å². The van der Waals surface area contributed by atoms with Gasteiger partial charge >= 0.3 is 0 Å². The van der Waals surface area contributed by atoms with Gasteiger partial charge in [0.2, 0.25) is 16.9 Å². The summed E-state index contributed by atoms with van der Waals surface area (Å²) in [6.07, 6.45) is 5.01. The second kappa shape index (κ2) is 8.79. The van der Waals surface area contributed by atoms with E-state index < -0.39 is 0 Å². The number of nitrogens with one attached hydrogen (secondary N) is 1. The van der Waals surface area contributed by atoms with Crippen molar-refractivity contribution in [2.75, 3.05) is 18.4 Å². The highest BCUT2D eigenvalue weighted by atomic mass is 79.9. The molecule has 5 heterocycles. The predicted molar refractivity (Wildman–Crippen MR) is 122 cm³/mol. The summed E-state index contributed by atoms with van der Waals surface area (Å²) >= 11 is 4.74. The fraction of sp³-hybridized carbons (Fsp3) is 0.300. The molecule has 1 fully saturated rings. The Bertz CT molecular complexity index is 1270. The Hall–Kier alpha value is -3.12. The van der Waals surface area contributed by atoms with E-state index in [1.165, 1.54) is 11.5 Å². The van der Waals surface area contributed by atoms with Crippen LogP contribution in [0.25, 0.3) is 5.65 Å². The molecule has 1 saturated heterocycles. The number of likely N-dealkylation sites (tertiary alicyclic amines) is 1. The molecule has 4 aromatic heterocycles. The highest BCUT2D eigenvalue weighted by Gasteiger charge is 2.25. The summed E-state index contributed by atoms with van der Waals surface area (Å²) in [6.45, 7) is 3.09. The van der Waals surface area contributed by atoms with Gasteiger partial charge in [-0.05, 0) is 40.9 Å². The van der Waals surface area contributed by atoms with Gasteiger partial charge in [-0.25, -0.2) is 9.97 Å². The molecule has 1 N–H and O–H groups in total. The molecule has 4 aromatic rings. The molecule has 12 heteroatoms. The van der Waals surface area contributed by atoms with Crippen LogP contribution in [0, 0.1) is 0 Å². The number of ether oxygens (including phenoxy) is 1. The molecule has 0 aromatic carbocycles. The Morgan fingerprint density at radius 3 is 2.97 bits per heavy atom. The van der Waals surface area contributed by atoms with Gasteiger partial charge in [-0.1, -0.05) is 6.07 Å². The Morgan fingerprint density at radius 2 is 2.16 bits per heavy atom. The summed E-state index contributed by atoms with van der Waals surface area (Å²) in [7, 11) is 0. The molecule has 32 heavy (non-hydrogen) atoms. The standard InChI is InChI=1S/C20H19BrN8O2S/c1-12(30)28-7-5-13(6-8-28)18-24-20(32-27-18)25-19-15(9-14(21)10-22-19)31-17-4-2-3-16-26-23-11-29(16)17/h2-4,9-11,13H,5-8H2,1H3,(H,22,24,25,27). The SMILES string of the molecule is CC(=O)N1CCC(c2nsc(Nc3ncc(Br)cc3Oc3cccc4nncn34)n2)CC1. The van der Waals surface area contributed by atoms with Crippen LogP contribution < -0.4 is 10.1 Å². The van der Waals surface area contributed by atoms with Crippen molar-refractivity contribution in [1.29, 1.82) is 0 Å². The number of hydrogen-bond acceptors (Lipinski definition) is 9.